The molecule has 1 unspecified atom stereocenters. The fourth-order valence-corrected chi connectivity index (χ4v) is 2.05. The van der Waals surface area contributed by atoms with Crippen molar-refractivity contribution in [1.29, 1.82) is 0 Å². The topological polar surface area (TPSA) is 36.9 Å². The summed E-state index contributed by atoms with van der Waals surface area (Å²) in [5.74, 6) is 2.32. The molecule has 0 amide bonds. The largest absolute Gasteiger partial charge is 0.486 e. The van der Waals surface area contributed by atoms with Crippen molar-refractivity contribution in [3.05, 3.63) is 18.2 Å². The van der Waals surface area contributed by atoms with Gasteiger partial charge in [0, 0.05) is 12.5 Å². The van der Waals surface area contributed by atoms with Crippen LogP contribution in [0.4, 0.5) is 0 Å². The monoisotopic (exact) mass is 236 g/mol. The molecule has 0 radical (unpaired) electrons. The van der Waals surface area contributed by atoms with E-state index >= 15 is 0 Å². The molecule has 0 saturated carbocycles. The Bertz CT molecular complexity index is 385. The summed E-state index contributed by atoms with van der Waals surface area (Å²) in [5, 5.41) is 0. The molecule has 1 aromatic carbocycles. The molecule has 92 valence electrons. The lowest BCUT2D eigenvalue weighted by Crippen LogP contribution is -2.25. The third-order valence-corrected chi connectivity index (χ3v) is 2.92. The van der Waals surface area contributed by atoms with Crippen LogP contribution in [0.25, 0.3) is 0 Å². The van der Waals surface area contributed by atoms with Crippen LogP contribution in [0.3, 0.4) is 0 Å². The zero-order valence-corrected chi connectivity index (χ0v) is 9.69. The van der Waals surface area contributed by atoms with Gasteiger partial charge in [0.1, 0.15) is 19.0 Å². The first-order valence-electron chi connectivity index (χ1n) is 6.10. The Morgan fingerprint density at radius 2 is 1.88 bits per heavy atom. The van der Waals surface area contributed by atoms with E-state index in [4.69, 9.17) is 18.9 Å². The van der Waals surface area contributed by atoms with E-state index in [1.165, 1.54) is 0 Å². The van der Waals surface area contributed by atoms with Crippen LogP contribution in [0.1, 0.15) is 19.3 Å². The van der Waals surface area contributed by atoms with Crippen LogP contribution < -0.4 is 14.2 Å². The first-order valence-corrected chi connectivity index (χ1v) is 6.10. The first kappa shape index (κ1) is 10.7. The second kappa shape index (κ2) is 4.84. The maximum Gasteiger partial charge on any atom is 0.199 e. The number of benzene rings is 1. The number of hydrogen-bond donors (Lipinski definition) is 0. The second-order valence-electron chi connectivity index (χ2n) is 4.22. The Morgan fingerprint density at radius 3 is 2.71 bits per heavy atom. The van der Waals surface area contributed by atoms with Crippen LogP contribution in [0, 0.1) is 0 Å². The molecule has 17 heavy (non-hydrogen) atoms. The van der Waals surface area contributed by atoms with E-state index in [1.807, 2.05) is 18.2 Å². The van der Waals surface area contributed by atoms with E-state index in [1.54, 1.807) is 0 Å². The third kappa shape index (κ3) is 2.47. The molecule has 2 aliphatic rings. The Morgan fingerprint density at radius 1 is 1.00 bits per heavy atom. The molecule has 0 bridgehead atoms. The Labute approximate surface area is 100 Å². The molecule has 0 spiro atoms. The van der Waals surface area contributed by atoms with E-state index in [0.717, 1.165) is 43.1 Å². The number of hydrogen-bond acceptors (Lipinski definition) is 4. The Hall–Kier alpha value is -1.42. The standard InChI is InChI=1S/C13H16O4/c1-2-6-16-13(3-1)17-10-4-5-11-12(9-10)15-8-7-14-11/h4-5,9,13H,1-3,6-8H2. The Balaban J connectivity index is 1.70. The Kier molecular flexibility index (Phi) is 3.05. The van der Waals surface area contributed by atoms with Gasteiger partial charge in [0.05, 0.1) is 6.61 Å². The summed E-state index contributed by atoms with van der Waals surface area (Å²) in [5.41, 5.74) is 0. The molecule has 3 rings (SSSR count). The lowest BCUT2D eigenvalue weighted by Gasteiger charge is -2.24. The van der Waals surface area contributed by atoms with Gasteiger partial charge in [-0.15, -0.1) is 0 Å². The highest BCUT2D eigenvalue weighted by atomic mass is 16.7. The summed E-state index contributed by atoms with van der Waals surface area (Å²) < 4.78 is 22.3. The van der Waals surface area contributed by atoms with Crippen LogP contribution in [-0.4, -0.2) is 26.1 Å². The molecule has 0 aromatic heterocycles. The number of fused-ring (bicyclic) bond motifs is 1. The molecule has 4 heteroatoms. The van der Waals surface area contributed by atoms with E-state index < -0.39 is 0 Å². The van der Waals surface area contributed by atoms with Gasteiger partial charge in [-0.05, 0) is 25.0 Å². The minimum absolute atomic E-state index is 0.119. The molecule has 4 nitrogen and oxygen atoms in total. The quantitative estimate of drug-likeness (QED) is 0.790. The van der Waals surface area contributed by atoms with Gasteiger partial charge in [-0.3, -0.25) is 0 Å². The second-order valence-corrected chi connectivity index (χ2v) is 4.22. The summed E-state index contributed by atoms with van der Waals surface area (Å²) in [7, 11) is 0. The highest BCUT2D eigenvalue weighted by Crippen LogP contribution is 2.34. The highest BCUT2D eigenvalue weighted by Gasteiger charge is 2.17. The molecule has 1 atom stereocenters. The fraction of sp³-hybridized carbons (Fsp3) is 0.538. The van der Waals surface area contributed by atoms with Crippen LogP contribution in [0.5, 0.6) is 17.2 Å². The molecule has 0 N–H and O–H groups in total. The smallest absolute Gasteiger partial charge is 0.199 e. The minimum atomic E-state index is -0.119. The van der Waals surface area contributed by atoms with Gasteiger partial charge < -0.3 is 18.9 Å². The van der Waals surface area contributed by atoms with Gasteiger partial charge >= 0.3 is 0 Å². The summed E-state index contributed by atoms with van der Waals surface area (Å²) in [4.78, 5) is 0. The van der Waals surface area contributed by atoms with E-state index in [2.05, 4.69) is 0 Å². The molecule has 1 aromatic rings. The molecule has 1 saturated heterocycles. The van der Waals surface area contributed by atoms with Crippen molar-refractivity contribution in [2.75, 3.05) is 19.8 Å². The minimum Gasteiger partial charge on any atom is -0.486 e. The lowest BCUT2D eigenvalue weighted by atomic mass is 10.2. The SMILES string of the molecule is c1cc2c(cc1OC1CCCCO1)OCCO2. The lowest BCUT2D eigenvalue weighted by molar-refractivity contribution is -0.106. The van der Waals surface area contributed by atoms with Crippen molar-refractivity contribution in [2.45, 2.75) is 25.6 Å². The third-order valence-electron chi connectivity index (χ3n) is 2.92. The van der Waals surface area contributed by atoms with Crippen molar-refractivity contribution in [3.63, 3.8) is 0 Å². The van der Waals surface area contributed by atoms with Gasteiger partial charge in [0.25, 0.3) is 0 Å². The first-order chi connectivity index (χ1) is 8.42. The van der Waals surface area contributed by atoms with Crippen molar-refractivity contribution < 1.29 is 18.9 Å². The number of rotatable bonds is 2. The van der Waals surface area contributed by atoms with E-state index in [0.29, 0.717) is 13.2 Å². The average molecular weight is 236 g/mol. The van der Waals surface area contributed by atoms with Crippen LogP contribution in [0.15, 0.2) is 18.2 Å². The molecular formula is C13H16O4. The molecular weight excluding hydrogens is 220 g/mol. The molecule has 1 fully saturated rings. The van der Waals surface area contributed by atoms with E-state index in [9.17, 15) is 0 Å². The summed E-state index contributed by atoms with van der Waals surface area (Å²) in [6.45, 7) is 1.99. The van der Waals surface area contributed by atoms with Crippen molar-refractivity contribution >= 4 is 0 Å². The van der Waals surface area contributed by atoms with Crippen molar-refractivity contribution in [1.82, 2.24) is 0 Å². The zero-order valence-electron chi connectivity index (χ0n) is 9.69. The predicted molar refractivity (Wildman–Crippen MR) is 61.7 cm³/mol. The van der Waals surface area contributed by atoms with Crippen LogP contribution in [0.2, 0.25) is 0 Å². The average Bonchev–Trinajstić information content (AvgIpc) is 2.40. The van der Waals surface area contributed by atoms with Gasteiger partial charge in [0.2, 0.25) is 0 Å². The fourth-order valence-electron chi connectivity index (χ4n) is 2.05. The number of ether oxygens (including phenoxy) is 4. The molecule has 0 aliphatic carbocycles. The normalized spacial score (nSPS) is 23.2. The highest BCUT2D eigenvalue weighted by molar-refractivity contribution is 5.46. The zero-order chi connectivity index (χ0) is 11.5. The van der Waals surface area contributed by atoms with Gasteiger partial charge in [-0.1, -0.05) is 0 Å². The van der Waals surface area contributed by atoms with Gasteiger partial charge in [0.15, 0.2) is 17.8 Å². The van der Waals surface area contributed by atoms with E-state index in [-0.39, 0.29) is 6.29 Å². The molecule has 2 heterocycles. The maximum atomic E-state index is 5.76. The van der Waals surface area contributed by atoms with Crippen LogP contribution >= 0.6 is 0 Å². The van der Waals surface area contributed by atoms with Crippen molar-refractivity contribution in [3.8, 4) is 17.2 Å². The maximum absolute atomic E-state index is 5.76. The van der Waals surface area contributed by atoms with Gasteiger partial charge in [-0.25, -0.2) is 0 Å². The predicted octanol–water partition coefficient (Wildman–Crippen LogP) is 2.36. The van der Waals surface area contributed by atoms with Crippen LogP contribution in [-0.2, 0) is 4.74 Å². The summed E-state index contributed by atoms with van der Waals surface area (Å²) >= 11 is 0. The summed E-state index contributed by atoms with van der Waals surface area (Å²) in [6.07, 6.45) is 3.12. The van der Waals surface area contributed by atoms with Crippen molar-refractivity contribution in [2.24, 2.45) is 0 Å². The van der Waals surface area contributed by atoms with Gasteiger partial charge in [-0.2, -0.15) is 0 Å². The molecule has 2 aliphatic heterocycles. The summed E-state index contributed by atoms with van der Waals surface area (Å²) in [6, 6.07) is 5.64.